The zero-order chi connectivity index (χ0) is 17.6. The Kier molecular flexibility index (Phi) is 5.18. The summed E-state index contributed by atoms with van der Waals surface area (Å²) in [5.41, 5.74) is 0.585. The number of para-hydroxylation sites is 1. The van der Waals surface area contributed by atoms with Gasteiger partial charge in [-0.1, -0.05) is 43.3 Å². The molecular formula is C19H18F2N4. The van der Waals surface area contributed by atoms with Gasteiger partial charge < -0.3 is 10.6 Å². The van der Waals surface area contributed by atoms with E-state index in [1.54, 1.807) is 6.07 Å². The van der Waals surface area contributed by atoms with Crippen molar-refractivity contribution >= 4 is 17.3 Å². The molecule has 0 radical (unpaired) electrons. The van der Waals surface area contributed by atoms with Crippen LogP contribution in [0.1, 0.15) is 13.3 Å². The molecule has 0 aliphatic carbocycles. The van der Waals surface area contributed by atoms with Gasteiger partial charge in [0.25, 0.3) is 0 Å². The fourth-order valence-corrected chi connectivity index (χ4v) is 2.32. The standard InChI is InChI=1S/C19H18F2N4/c1-2-11-22-16-12-17(23-18-14(20)9-6-10-15(18)21)25-19(24-16)13-7-4-3-5-8-13/h3-10,12H,2,11H2,1H3,(H2,22,23,24,25). The van der Waals surface area contributed by atoms with Crippen molar-refractivity contribution in [3.63, 3.8) is 0 Å². The number of hydrogen-bond donors (Lipinski definition) is 2. The van der Waals surface area contributed by atoms with Gasteiger partial charge in [-0.25, -0.2) is 18.7 Å². The molecule has 2 N–H and O–H groups in total. The molecule has 0 atom stereocenters. The van der Waals surface area contributed by atoms with Crippen molar-refractivity contribution in [1.29, 1.82) is 0 Å². The molecule has 0 unspecified atom stereocenters. The number of nitrogens with zero attached hydrogens (tertiary/aromatic N) is 2. The number of halogens is 2. The third-order valence-corrected chi connectivity index (χ3v) is 3.53. The third-order valence-electron chi connectivity index (χ3n) is 3.53. The smallest absolute Gasteiger partial charge is 0.163 e. The molecule has 6 heteroatoms. The molecule has 2 aromatic carbocycles. The van der Waals surface area contributed by atoms with Crippen LogP contribution in [0.4, 0.5) is 26.1 Å². The first kappa shape index (κ1) is 16.8. The fourth-order valence-electron chi connectivity index (χ4n) is 2.32. The fraction of sp³-hybridized carbons (Fsp3) is 0.158. The van der Waals surface area contributed by atoms with Gasteiger partial charge in [-0.05, 0) is 18.6 Å². The SMILES string of the molecule is CCCNc1cc(Nc2c(F)cccc2F)nc(-c2ccccc2)n1. The maximum absolute atomic E-state index is 13.9. The number of nitrogens with one attached hydrogen (secondary N) is 2. The number of rotatable bonds is 6. The van der Waals surface area contributed by atoms with Crippen LogP contribution >= 0.6 is 0 Å². The van der Waals surface area contributed by atoms with E-state index in [4.69, 9.17) is 0 Å². The average molecular weight is 340 g/mol. The summed E-state index contributed by atoms with van der Waals surface area (Å²) in [4.78, 5) is 8.87. The van der Waals surface area contributed by atoms with Crippen LogP contribution in [0.3, 0.4) is 0 Å². The molecular weight excluding hydrogens is 322 g/mol. The average Bonchev–Trinajstić information content (AvgIpc) is 2.64. The molecule has 0 spiro atoms. The second-order valence-corrected chi connectivity index (χ2v) is 5.48. The largest absolute Gasteiger partial charge is 0.370 e. The van der Waals surface area contributed by atoms with Gasteiger partial charge in [-0.2, -0.15) is 0 Å². The summed E-state index contributed by atoms with van der Waals surface area (Å²) in [6, 6.07) is 14.8. The van der Waals surface area contributed by atoms with Crippen LogP contribution in [-0.2, 0) is 0 Å². The molecule has 128 valence electrons. The van der Waals surface area contributed by atoms with E-state index in [2.05, 4.69) is 20.6 Å². The molecule has 0 fully saturated rings. The minimum Gasteiger partial charge on any atom is -0.370 e. The zero-order valence-electron chi connectivity index (χ0n) is 13.8. The Bertz CT molecular complexity index is 833. The number of benzene rings is 2. The Labute approximate surface area is 145 Å². The van der Waals surface area contributed by atoms with E-state index in [-0.39, 0.29) is 5.69 Å². The van der Waals surface area contributed by atoms with E-state index in [1.165, 1.54) is 18.2 Å². The summed E-state index contributed by atoms with van der Waals surface area (Å²) in [6.45, 7) is 2.78. The first-order chi connectivity index (χ1) is 12.2. The van der Waals surface area contributed by atoms with Crippen LogP contribution in [0.25, 0.3) is 11.4 Å². The summed E-state index contributed by atoms with van der Waals surface area (Å²) in [6.07, 6.45) is 0.926. The van der Waals surface area contributed by atoms with E-state index >= 15 is 0 Å². The molecule has 0 aliphatic rings. The molecule has 3 rings (SSSR count). The molecule has 3 aromatic rings. The summed E-state index contributed by atoms with van der Waals surface area (Å²) >= 11 is 0. The van der Waals surface area contributed by atoms with Crippen molar-refractivity contribution in [3.8, 4) is 11.4 Å². The number of aromatic nitrogens is 2. The Hall–Kier alpha value is -3.02. The van der Waals surface area contributed by atoms with Gasteiger partial charge in [0.15, 0.2) is 5.82 Å². The van der Waals surface area contributed by atoms with E-state index in [1.807, 2.05) is 37.3 Å². The second-order valence-electron chi connectivity index (χ2n) is 5.48. The van der Waals surface area contributed by atoms with Gasteiger partial charge in [-0.3, -0.25) is 0 Å². The Morgan fingerprint density at radius 2 is 1.56 bits per heavy atom. The molecule has 0 bridgehead atoms. The minimum atomic E-state index is -0.678. The van der Waals surface area contributed by atoms with Crippen molar-refractivity contribution in [2.75, 3.05) is 17.2 Å². The lowest BCUT2D eigenvalue weighted by Gasteiger charge is -2.12. The van der Waals surface area contributed by atoms with Gasteiger partial charge in [0.05, 0.1) is 0 Å². The molecule has 0 saturated carbocycles. The monoisotopic (exact) mass is 340 g/mol. The van der Waals surface area contributed by atoms with Gasteiger partial charge in [-0.15, -0.1) is 0 Å². The van der Waals surface area contributed by atoms with Crippen molar-refractivity contribution in [2.24, 2.45) is 0 Å². The summed E-state index contributed by atoms with van der Waals surface area (Å²) in [7, 11) is 0. The molecule has 1 aromatic heterocycles. The normalized spacial score (nSPS) is 10.5. The van der Waals surface area contributed by atoms with E-state index < -0.39 is 11.6 Å². The van der Waals surface area contributed by atoms with Gasteiger partial charge >= 0.3 is 0 Å². The molecule has 25 heavy (non-hydrogen) atoms. The molecule has 1 heterocycles. The Balaban J connectivity index is 2.00. The van der Waals surface area contributed by atoms with E-state index in [0.717, 1.165) is 18.5 Å². The van der Waals surface area contributed by atoms with Crippen molar-refractivity contribution in [2.45, 2.75) is 13.3 Å². The maximum Gasteiger partial charge on any atom is 0.163 e. The first-order valence-corrected chi connectivity index (χ1v) is 8.07. The lowest BCUT2D eigenvalue weighted by Crippen LogP contribution is -2.06. The predicted molar refractivity (Wildman–Crippen MR) is 95.9 cm³/mol. The summed E-state index contributed by atoms with van der Waals surface area (Å²) in [5, 5.41) is 5.91. The number of hydrogen-bond acceptors (Lipinski definition) is 4. The van der Waals surface area contributed by atoms with Crippen molar-refractivity contribution in [1.82, 2.24) is 9.97 Å². The van der Waals surface area contributed by atoms with Crippen molar-refractivity contribution in [3.05, 3.63) is 66.2 Å². The molecule has 4 nitrogen and oxygen atoms in total. The van der Waals surface area contributed by atoms with Crippen LogP contribution in [0.2, 0.25) is 0 Å². The number of anilines is 3. The van der Waals surface area contributed by atoms with Crippen LogP contribution in [-0.4, -0.2) is 16.5 Å². The van der Waals surface area contributed by atoms with Crippen molar-refractivity contribution < 1.29 is 8.78 Å². The molecule has 0 amide bonds. The van der Waals surface area contributed by atoms with E-state index in [0.29, 0.717) is 17.5 Å². The lowest BCUT2D eigenvalue weighted by atomic mass is 10.2. The van der Waals surface area contributed by atoms with Gasteiger partial charge in [0, 0.05) is 18.2 Å². The van der Waals surface area contributed by atoms with Crippen LogP contribution in [0.15, 0.2) is 54.6 Å². The summed E-state index contributed by atoms with van der Waals surface area (Å²) in [5.74, 6) is 0.0261. The Morgan fingerprint density at radius 1 is 0.880 bits per heavy atom. The highest BCUT2D eigenvalue weighted by atomic mass is 19.1. The minimum absolute atomic E-state index is 0.235. The zero-order valence-corrected chi connectivity index (χ0v) is 13.8. The highest BCUT2D eigenvalue weighted by molar-refractivity contribution is 5.65. The van der Waals surface area contributed by atoms with E-state index in [9.17, 15) is 8.78 Å². The maximum atomic E-state index is 13.9. The predicted octanol–water partition coefficient (Wildman–Crippen LogP) is 4.99. The molecule has 0 aliphatic heterocycles. The van der Waals surface area contributed by atoms with Gasteiger partial charge in [0.2, 0.25) is 0 Å². The first-order valence-electron chi connectivity index (χ1n) is 8.07. The highest BCUT2D eigenvalue weighted by Crippen LogP contribution is 2.25. The quantitative estimate of drug-likeness (QED) is 0.664. The van der Waals surface area contributed by atoms with Crippen LogP contribution in [0.5, 0.6) is 0 Å². The lowest BCUT2D eigenvalue weighted by molar-refractivity contribution is 0.590. The third kappa shape index (κ3) is 4.09. The molecule has 0 saturated heterocycles. The summed E-state index contributed by atoms with van der Waals surface area (Å²) < 4.78 is 27.8. The highest BCUT2D eigenvalue weighted by Gasteiger charge is 2.12. The Morgan fingerprint density at radius 3 is 2.24 bits per heavy atom. The van der Waals surface area contributed by atoms with Gasteiger partial charge in [0.1, 0.15) is 29.0 Å². The van der Waals surface area contributed by atoms with Crippen LogP contribution in [0, 0.1) is 11.6 Å². The van der Waals surface area contributed by atoms with Crippen LogP contribution < -0.4 is 10.6 Å². The second kappa shape index (κ2) is 7.70. The topological polar surface area (TPSA) is 49.8 Å².